The molecule has 46 heavy (non-hydrogen) atoms. The highest BCUT2D eigenvalue weighted by Crippen LogP contribution is 2.12. The van der Waals surface area contributed by atoms with Crippen molar-refractivity contribution in [2.24, 2.45) is 0 Å². The van der Waals surface area contributed by atoms with E-state index >= 15 is 0 Å². The molecule has 266 valence electrons. The molecule has 3 amide bonds. The number of carbonyl (C=O) groups is 5. The number of carbonyl (C=O) groups excluding carboxylic acids is 4. The topological polar surface area (TPSA) is 151 Å². The van der Waals surface area contributed by atoms with Crippen LogP contribution in [0.2, 0.25) is 0 Å². The number of hydrogen-bond acceptors (Lipinski definition) is 6. The predicted octanol–water partition coefficient (Wildman–Crippen LogP) is 6.90. The minimum Gasteiger partial charge on any atom is -0.481 e. The Morgan fingerprint density at radius 2 is 1.17 bits per heavy atom. The number of esters is 1. The van der Waals surface area contributed by atoms with Crippen LogP contribution in [-0.4, -0.2) is 60.5 Å². The van der Waals surface area contributed by atoms with Crippen LogP contribution in [0.4, 0.5) is 0 Å². The number of carboxylic acid groups (broad SMARTS) is 1. The molecule has 0 aromatic heterocycles. The van der Waals surface area contributed by atoms with Gasteiger partial charge in [-0.05, 0) is 32.1 Å². The molecule has 0 radical (unpaired) electrons. The molecule has 0 spiro atoms. The molecule has 1 atom stereocenters. The number of carboxylic acids is 1. The van der Waals surface area contributed by atoms with Crippen LogP contribution >= 0.6 is 0 Å². The number of amides is 3. The van der Waals surface area contributed by atoms with Crippen molar-refractivity contribution in [3.8, 4) is 0 Å². The summed E-state index contributed by atoms with van der Waals surface area (Å²) in [7, 11) is 0. The molecule has 10 heteroatoms. The normalized spacial score (nSPS) is 11.7. The quantitative estimate of drug-likeness (QED) is 0.0351. The third-order valence-electron chi connectivity index (χ3n) is 7.82. The van der Waals surface area contributed by atoms with E-state index in [1.54, 1.807) is 0 Å². The summed E-state index contributed by atoms with van der Waals surface area (Å²) in [6.45, 7) is 5.41. The number of aliphatic carboxylic acids is 1. The van der Waals surface area contributed by atoms with Gasteiger partial charge in [0.25, 0.3) is 0 Å². The highest BCUT2D eigenvalue weighted by atomic mass is 16.5. The second-order valence-electron chi connectivity index (χ2n) is 12.2. The lowest BCUT2D eigenvalue weighted by Crippen LogP contribution is -2.47. The molecule has 0 aromatic carbocycles. The summed E-state index contributed by atoms with van der Waals surface area (Å²) >= 11 is 0. The fraction of sp³-hybridized carbons (Fsp3) is 0.806. The zero-order valence-electron chi connectivity index (χ0n) is 29.0. The van der Waals surface area contributed by atoms with Crippen molar-refractivity contribution < 1.29 is 33.8 Å². The third kappa shape index (κ3) is 29.8. The molecule has 0 saturated carbocycles. The number of ether oxygens (including phenoxy) is 1. The van der Waals surface area contributed by atoms with Crippen LogP contribution in [0.3, 0.4) is 0 Å². The maximum atomic E-state index is 12.8. The Labute approximate surface area is 278 Å². The lowest BCUT2D eigenvalue weighted by atomic mass is 10.1. The maximum Gasteiger partial charge on any atom is 0.306 e. The van der Waals surface area contributed by atoms with E-state index in [-0.39, 0.29) is 57.1 Å². The molecule has 0 bridgehead atoms. The minimum atomic E-state index is -1.11. The fourth-order valence-corrected chi connectivity index (χ4v) is 4.97. The van der Waals surface area contributed by atoms with Crippen molar-refractivity contribution in [3.05, 3.63) is 12.2 Å². The van der Waals surface area contributed by atoms with Gasteiger partial charge in [-0.15, -0.1) is 0 Å². The minimum absolute atomic E-state index is 0.0496. The molecule has 10 nitrogen and oxygen atoms in total. The largest absolute Gasteiger partial charge is 0.481 e. The first-order chi connectivity index (χ1) is 22.3. The lowest BCUT2D eigenvalue weighted by molar-refractivity contribution is -0.142. The summed E-state index contributed by atoms with van der Waals surface area (Å²) in [4.78, 5) is 60.2. The highest BCUT2D eigenvalue weighted by molar-refractivity contribution is 5.89. The molecule has 0 aliphatic carbocycles. The molecule has 0 aliphatic heterocycles. The Hall–Kier alpha value is -2.91. The highest BCUT2D eigenvalue weighted by Gasteiger charge is 2.22. The first-order valence-electron chi connectivity index (χ1n) is 18.2. The fourth-order valence-electron chi connectivity index (χ4n) is 4.97. The van der Waals surface area contributed by atoms with Gasteiger partial charge in [-0.3, -0.25) is 24.0 Å². The van der Waals surface area contributed by atoms with Crippen molar-refractivity contribution in [2.45, 2.75) is 168 Å². The van der Waals surface area contributed by atoms with Gasteiger partial charge in [-0.2, -0.15) is 0 Å². The predicted molar refractivity (Wildman–Crippen MR) is 183 cm³/mol. The van der Waals surface area contributed by atoms with E-state index in [9.17, 15) is 24.0 Å². The summed E-state index contributed by atoms with van der Waals surface area (Å²) in [6, 6.07) is -0.979. The smallest absolute Gasteiger partial charge is 0.306 e. The summed E-state index contributed by atoms with van der Waals surface area (Å²) in [5, 5.41) is 17.0. The van der Waals surface area contributed by atoms with Gasteiger partial charge in [0.15, 0.2) is 0 Å². The number of allylic oxidation sites excluding steroid dienone is 1. The Balaban J connectivity index is 4.28. The first-order valence-corrected chi connectivity index (χ1v) is 18.2. The van der Waals surface area contributed by atoms with Gasteiger partial charge in [0.2, 0.25) is 17.7 Å². The van der Waals surface area contributed by atoms with Gasteiger partial charge >= 0.3 is 11.9 Å². The van der Waals surface area contributed by atoms with Crippen LogP contribution in [0.1, 0.15) is 162 Å². The Kier molecular flexibility index (Phi) is 30.0. The van der Waals surface area contributed by atoms with Crippen LogP contribution in [0.5, 0.6) is 0 Å². The second-order valence-corrected chi connectivity index (χ2v) is 12.2. The monoisotopic (exact) mass is 651 g/mol. The zero-order valence-corrected chi connectivity index (χ0v) is 29.0. The van der Waals surface area contributed by atoms with E-state index < -0.39 is 23.8 Å². The van der Waals surface area contributed by atoms with Crippen LogP contribution in [-0.2, 0) is 28.7 Å². The van der Waals surface area contributed by atoms with Crippen molar-refractivity contribution >= 4 is 29.7 Å². The zero-order chi connectivity index (χ0) is 34.1. The molecule has 0 saturated heterocycles. The summed E-state index contributed by atoms with van der Waals surface area (Å²) in [5.41, 5.74) is 0. The van der Waals surface area contributed by atoms with Gasteiger partial charge in [-0.25, -0.2) is 0 Å². The molecule has 0 aromatic rings. The average Bonchev–Trinajstić information content (AvgIpc) is 3.03. The van der Waals surface area contributed by atoms with Gasteiger partial charge in [0.1, 0.15) is 12.6 Å². The average molecular weight is 652 g/mol. The van der Waals surface area contributed by atoms with Crippen molar-refractivity contribution in [1.82, 2.24) is 16.0 Å². The third-order valence-corrected chi connectivity index (χ3v) is 7.82. The lowest BCUT2D eigenvalue weighted by Gasteiger charge is -2.18. The van der Waals surface area contributed by atoms with Gasteiger partial charge < -0.3 is 25.8 Å². The molecular weight excluding hydrogens is 586 g/mol. The number of hydrogen-bond donors (Lipinski definition) is 4. The van der Waals surface area contributed by atoms with E-state index in [4.69, 9.17) is 9.84 Å². The maximum absolute atomic E-state index is 12.8. The van der Waals surface area contributed by atoms with E-state index in [1.807, 2.05) is 12.2 Å². The second kappa shape index (κ2) is 32.0. The summed E-state index contributed by atoms with van der Waals surface area (Å²) in [5.74, 6) is -2.70. The number of unbranched alkanes of at least 4 members (excludes halogenated alkanes) is 15. The van der Waals surface area contributed by atoms with E-state index in [0.29, 0.717) is 13.0 Å². The number of nitrogens with one attached hydrogen (secondary N) is 3. The van der Waals surface area contributed by atoms with Crippen LogP contribution in [0, 0.1) is 0 Å². The van der Waals surface area contributed by atoms with Crippen LogP contribution < -0.4 is 16.0 Å². The van der Waals surface area contributed by atoms with E-state index in [2.05, 4.69) is 29.8 Å². The Morgan fingerprint density at radius 3 is 1.78 bits per heavy atom. The summed E-state index contributed by atoms with van der Waals surface area (Å²) in [6.07, 6.45) is 24.5. The molecule has 1 unspecified atom stereocenters. The van der Waals surface area contributed by atoms with Crippen LogP contribution in [0.15, 0.2) is 12.2 Å². The molecule has 0 rings (SSSR count). The molecular formula is C36H65N3O7. The first kappa shape index (κ1) is 43.1. The molecule has 0 fully saturated rings. The van der Waals surface area contributed by atoms with Gasteiger partial charge in [0.05, 0.1) is 6.42 Å². The van der Waals surface area contributed by atoms with Gasteiger partial charge in [0, 0.05) is 32.4 Å². The molecule has 4 N–H and O–H groups in total. The van der Waals surface area contributed by atoms with Crippen molar-refractivity contribution in [1.29, 1.82) is 0 Å². The molecule has 0 aliphatic rings. The summed E-state index contributed by atoms with van der Waals surface area (Å²) < 4.78 is 5.19. The van der Waals surface area contributed by atoms with Crippen molar-refractivity contribution in [3.63, 3.8) is 0 Å². The Morgan fingerprint density at radius 1 is 0.609 bits per heavy atom. The SMILES string of the molecule is CCCCCC/C=C\COC(=O)CCCNC(=O)C(CCC(=O)NCCCCCCCCCCCCCC)NC(=O)CCC(=O)O. The van der Waals surface area contributed by atoms with E-state index in [1.165, 1.54) is 77.0 Å². The molecule has 0 heterocycles. The van der Waals surface area contributed by atoms with Gasteiger partial charge in [-0.1, -0.05) is 116 Å². The van der Waals surface area contributed by atoms with E-state index in [0.717, 1.165) is 32.1 Å². The van der Waals surface area contributed by atoms with Crippen LogP contribution in [0.25, 0.3) is 0 Å². The standard InChI is InChI=1S/C36H65N3O7/c1-3-5-7-9-11-12-13-14-15-16-18-20-28-37-32(40)25-24-31(39-33(41)26-27-34(42)43)36(45)38-29-22-23-35(44)46-30-21-19-17-10-8-6-4-2/h19,21,31H,3-18,20,22-30H2,1-2H3,(H,37,40)(H,38,45)(H,39,41)(H,42,43)/b21-19-. The number of rotatable bonds is 32. The Bertz CT molecular complexity index is 847. The van der Waals surface area contributed by atoms with Crippen molar-refractivity contribution in [2.75, 3.05) is 19.7 Å².